The van der Waals surface area contributed by atoms with Crippen LogP contribution in [0.3, 0.4) is 0 Å². The Kier molecular flexibility index (Phi) is 16.5. The smallest absolute Gasteiger partial charge is 0 e. The Hall–Kier alpha value is 0.910. The van der Waals surface area contributed by atoms with Gasteiger partial charge in [-0.2, -0.15) is 0 Å². The molecule has 0 bridgehead atoms. The molecule has 0 aromatic rings. The van der Waals surface area contributed by atoms with E-state index in [4.69, 9.17) is 0 Å². The quantitative estimate of drug-likeness (QED) is 0.380. The van der Waals surface area contributed by atoms with E-state index in [0.29, 0.717) is 0 Å². The third-order valence-corrected chi connectivity index (χ3v) is 0.500. The van der Waals surface area contributed by atoms with Crippen LogP contribution in [0.2, 0.25) is 0 Å². The Balaban J connectivity index is 0. The molecule has 1 radical (unpaired) electrons. The second-order valence-electron chi connectivity index (χ2n) is 0.524. The molecule has 0 aromatic heterocycles. The molecule has 0 aliphatic carbocycles. The van der Waals surface area contributed by atoms with Crippen LogP contribution in [-0.2, 0) is 22.4 Å². The molecule has 0 rings (SSSR count). The van der Waals surface area contributed by atoms with Gasteiger partial charge in [0.2, 0.25) is 0 Å². The molecule has 0 aliphatic rings. The minimum absolute atomic E-state index is 0. The van der Waals surface area contributed by atoms with Crippen molar-refractivity contribution in [3.63, 3.8) is 0 Å². The van der Waals surface area contributed by atoms with E-state index in [0.717, 1.165) is 6.16 Å². The molecule has 5 heavy (non-hydrogen) atoms. The van der Waals surface area contributed by atoms with E-state index in [2.05, 4.69) is 15.8 Å². The van der Waals surface area contributed by atoms with Gasteiger partial charge in [0.05, 0.1) is 0 Å². The summed E-state index contributed by atoms with van der Waals surface area (Å²) in [6, 6.07) is 0. The second-order valence-corrected chi connectivity index (χ2v) is 0.996. The third kappa shape index (κ3) is 11.4. The molecule has 0 saturated carbocycles. The summed E-state index contributed by atoms with van der Waals surface area (Å²) in [6.07, 6.45) is 2.84. The van der Waals surface area contributed by atoms with Gasteiger partial charge in [-0.25, -0.2) is 0 Å². The van der Waals surface area contributed by atoms with Gasteiger partial charge in [0.25, 0.3) is 0 Å². The summed E-state index contributed by atoms with van der Waals surface area (Å²) in [5, 5.41) is 0. The van der Waals surface area contributed by atoms with Crippen LogP contribution in [0.25, 0.3) is 0 Å². The zero-order valence-corrected chi connectivity index (χ0v) is 6.19. The molecule has 0 N–H and O–H groups in total. The van der Waals surface area contributed by atoms with Crippen molar-refractivity contribution in [2.45, 2.75) is 0 Å². The van der Waals surface area contributed by atoms with Crippen molar-refractivity contribution in [1.29, 1.82) is 0 Å². The first kappa shape index (κ1) is 9.32. The Labute approximate surface area is 50.7 Å². The topological polar surface area (TPSA) is 0 Å². The maximum atomic E-state index is 3.46. The molecule has 0 amide bonds. The van der Waals surface area contributed by atoms with Gasteiger partial charge in [-0.05, 0) is 6.16 Å². The van der Waals surface area contributed by atoms with Crippen LogP contribution < -0.4 is 0 Å². The Bertz CT molecular complexity index is 20.9. The van der Waals surface area contributed by atoms with Crippen LogP contribution in [0.4, 0.5) is 0 Å². The van der Waals surface area contributed by atoms with Gasteiger partial charge in [-0.3, -0.25) is 0 Å². The average Bonchev–Trinajstić information content (AvgIpc) is 1.37. The van der Waals surface area contributed by atoms with Crippen LogP contribution in [0.5, 0.6) is 0 Å². The van der Waals surface area contributed by atoms with Crippen molar-refractivity contribution >= 4 is 9.24 Å². The van der Waals surface area contributed by atoms with Gasteiger partial charge in [0, 0.05) is 22.4 Å². The van der Waals surface area contributed by atoms with Crippen molar-refractivity contribution in [2.24, 2.45) is 0 Å². The fourth-order valence-corrected chi connectivity index (χ4v) is 0. The third-order valence-electron chi connectivity index (χ3n) is 0.167. The van der Waals surface area contributed by atoms with E-state index in [1.54, 1.807) is 0 Å². The van der Waals surface area contributed by atoms with Crippen LogP contribution in [-0.4, -0.2) is 6.16 Å². The zero-order valence-electron chi connectivity index (χ0n) is 2.87. The summed E-state index contributed by atoms with van der Waals surface area (Å²) in [5.74, 6) is 0. The average molecular weight is 271 g/mol. The Morgan fingerprint density at radius 2 is 2.00 bits per heavy atom. The second kappa shape index (κ2) is 8.86. The molecule has 0 aromatic carbocycles. The minimum atomic E-state index is 0. The van der Waals surface area contributed by atoms with Gasteiger partial charge >= 0.3 is 0 Å². The molecule has 0 saturated heterocycles. The van der Waals surface area contributed by atoms with E-state index in [9.17, 15) is 0 Å². The SMILES string of the molecule is C=CCP.[Au]. The van der Waals surface area contributed by atoms with Crippen LogP contribution in [0.15, 0.2) is 12.7 Å². The van der Waals surface area contributed by atoms with Gasteiger partial charge in [0.1, 0.15) is 0 Å². The molecule has 1 unspecified atom stereocenters. The van der Waals surface area contributed by atoms with Crippen molar-refractivity contribution in [2.75, 3.05) is 6.16 Å². The van der Waals surface area contributed by atoms with Crippen LogP contribution >= 0.6 is 9.24 Å². The van der Waals surface area contributed by atoms with Crippen molar-refractivity contribution in [3.8, 4) is 0 Å². The fraction of sp³-hybridized carbons (Fsp3) is 0.333. The molecular weight excluding hydrogens is 264 g/mol. The van der Waals surface area contributed by atoms with E-state index in [1.807, 2.05) is 6.08 Å². The Morgan fingerprint density at radius 1 is 1.80 bits per heavy atom. The predicted octanol–water partition coefficient (Wildman–Crippen LogP) is 1.04. The number of rotatable bonds is 1. The molecule has 0 spiro atoms. The van der Waals surface area contributed by atoms with E-state index < -0.39 is 0 Å². The number of hydrogen-bond donors (Lipinski definition) is 0. The summed E-state index contributed by atoms with van der Waals surface area (Å²) < 4.78 is 0. The molecule has 0 nitrogen and oxygen atoms in total. The van der Waals surface area contributed by atoms with Crippen LogP contribution in [0.1, 0.15) is 0 Å². The first-order valence-corrected chi connectivity index (χ1v) is 2.04. The van der Waals surface area contributed by atoms with Gasteiger partial charge < -0.3 is 0 Å². The van der Waals surface area contributed by atoms with Gasteiger partial charge in [0.15, 0.2) is 0 Å². The number of hydrogen-bond acceptors (Lipinski definition) is 0. The maximum Gasteiger partial charge on any atom is 0 e. The van der Waals surface area contributed by atoms with E-state index >= 15 is 0 Å². The van der Waals surface area contributed by atoms with Crippen molar-refractivity contribution < 1.29 is 22.4 Å². The number of allylic oxidation sites excluding steroid dienone is 1. The van der Waals surface area contributed by atoms with Crippen molar-refractivity contribution in [3.05, 3.63) is 12.7 Å². The molecule has 2 heteroatoms. The van der Waals surface area contributed by atoms with E-state index in [1.165, 1.54) is 0 Å². The minimum Gasteiger partial charge on any atom is -0.134 e. The molecule has 0 heterocycles. The first-order valence-electron chi connectivity index (χ1n) is 1.22. The summed E-state index contributed by atoms with van der Waals surface area (Å²) in [5.41, 5.74) is 0. The standard InChI is InChI=1S/C3H7P.Au/c1-2-3-4;/h2H,1,3-4H2;. The van der Waals surface area contributed by atoms with Crippen LogP contribution in [0, 0.1) is 0 Å². The Morgan fingerprint density at radius 3 is 2.00 bits per heavy atom. The summed E-state index contributed by atoms with van der Waals surface area (Å²) >= 11 is 0. The van der Waals surface area contributed by atoms with Crippen molar-refractivity contribution in [1.82, 2.24) is 0 Å². The largest absolute Gasteiger partial charge is 0.134 e. The molecule has 1 atom stereocenters. The summed E-state index contributed by atoms with van der Waals surface area (Å²) in [6.45, 7) is 3.46. The normalized spacial score (nSPS) is 5.00. The summed E-state index contributed by atoms with van der Waals surface area (Å²) in [7, 11) is 2.54. The monoisotopic (exact) mass is 271 g/mol. The molecule has 35 valence electrons. The summed E-state index contributed by atoms with van der Waals surface area (Å²) in [4.78, 5) is 0. The zero-order chi connectivity index (χ0) is 3.41. The maximum absolute atomic E-state index is 3.46. The van der Waals surface area contributed by atoms with Gasteiger partial charge in [-0.15, -0.1) is 15.8 Å². The first-order chi connectivity index (χ1) is 1.91. The van der Waals surface area contributed by atoms with E-state index in [-0.39, 0.29) is 22.4 Å². The fourth-order valence-electron chi connectivity index (χ4n) is 0. The molecule has 0 fully saturated rings. The molecular formula is C3H7AuP. The van der Waals surface area contributed by atoms with Gasteiger partial charge in [-0.1, -0.05) is 6.08 Å². The predicted molar refractivity (Wildman–Crippen MR) is 24.8 cm³/mol. The molecule has 0 aliphatic heterocycles.